The van der Waals surface area contributed by atoms with E-state index in [0.717, 1.165) is 22.4 Å². The number of carbonyl (C=O) groups is 2. The molecule has 0 radical (unpaired) electrons. The number of carbonyl (C=O) groups excluding carboxylic acids is 2. The summed E-state index contributed by atoms with van der Waals surface area (Å²) in [4.78, 5) is 26.1. The van der Waals surface area contributed by atoms with Crippen LogP contribution in [0.1, 0.15) is 31.9 Å². The van der Waals surface area contributed by atoms with E-state index in [1.807, 2.05) is 35.5 Å². The van der Waals surface area contributed by atoms with E-state index in [4.69, 9.17) is 4.74 Å². The number of anilines is 1. The van der Waals surface area contributed by atoms with Crippen LogP contribution in [0.4, 0.5) is 23.7 Å². The predicted octanol–water partition coefficient (Wildman–Crippen LogP) is 4.01. The Morgan fingerprint density at radius 3 is 2.73 bits per heavy atom. The topological polar surface area (TPSA) is 101 Å². The molecule has 37 heavy (non-hydrogen) atoms. The van der Waals surface area contributed by atoms with Crippen molar-refractivity contribution in [2.45, 2.75) is 38.7 Å². The predicted molar refractivity (Wildman–Crippen MR) is 132 cm³/mol. The van der Waals surface area contributed by atoms with Crippen LogP contribution in [0.3, 0.4) is 0 Å². The number of hydrogen-bond acceptors (Lipinski definition) is 6. The Bertz CT molecular complexity index is 1280. The minimum absolute atomic E-state index is 0.192. The van der Waals surface area contributed by atoms with Gasteiger partial charge in [0.05, 0.1) is 18.5 Å². The number of hydrogen-bond donors (Lipinski definition) is 3. The van der Waals surface area contributed by atoms with E-state index in [1.165, 1.54) is 0 Å². The molecule has 2 amide bonds. The van der Waals surface area contributed by atoms with Crippen LogP contribution in [0.25, 0.3) is 11.3 Å². The fraction of sp³-hybridized carbons (Fsp3) is 0.320. The zero-order valence-electron chi connectivity index (χ0n) is 20.5. The fourth-order valence-corrected chi connectivity index (χ4v) is 3.87. The quantitative estimate of drug-likeness (QED) is 0.481. The van der Waals surface area contributed by atoms with Crippen molar-refractivity contribution in [3.05, 3.63) is 72.3 Å². The van der Waals surface area contributed by atoms with E-state index in [2.05, 4.69) is 15.7 Å². The highest BCUT2D eigenvalue weighted by Gasteiger charge is 2.33. The zero-order valence-corrected chi connectivity index (χ0v) is 20.5. The second-order valence-corrected chi connectivity index (χ2v) is 8.94. The van der Waals surface area contributed by atoms with E-state index in [0.29, 0.717) is 5.69 Å². The van der Waals surface area contributed by atoms with Gasteiger partial charge in [0.15, 0.2) is 5.54 Å². The number of aromatic nitrogens is 2. The maximum absolute atomic E-state index is 12.3. The van der Waals surface area contributed by atoms with E-state index in [-0.39, 0.29) is 18.7 Å². The van der Waals surface area contributed by atoms with Crippen LogP contribution in [-0.2, 0) is 15.1 Å². The van der Waals surface area contributed by atoms with Gasteiger partial charge < -0.3 is 25.6 Å². The number of allylic oxidation sites excluding steroid dienone is 2. The lowest BCUT2D eigenvalue weighted by molar-refractivity contribution is -0.152. The summed E-state index contributed by atoms with van der Waals surface area (Å²) in [6, 6.07) is 5.87. The average Bonchev–Trinajstić information content (AvgIpc) is 3.50. The summed E-state index contributed by atoms with van der Waals surface area (Å²) in [7, 11) is 0. The highest BCUT2D eigenvalue weighted by atomic mass is 19.4. The Kier molecular flexibility index (Phi) is 7.01. The van der Waals surface area contributed by atoms with Gasteiger partial charge in [-0.05, 0) is 50.6 Å². The van der Waals surface area contributed by atoms with Crippen LogP contribution < -0.4 is 16.0 Å². The lowest BCUT2D eigenvalue weighted by Crippen LogP contribution is -2.37. The number of rotatable bonds is 7. The summed E-state index contributed by atoms with van der Waals surface area (Å²) < 4.78 is 43.7. The molecule has 0 fully saturated rings. The molecular weight excluding hydrogens is 489 g/mol. The van der Waals surface area contributed by atoms with Crippen molar-refractivity contribution in [2.24, 2.45) is 0 Å². The first-order valence-electron chi connectivity index (χ1n) is 11.6. The number of esters is 1. The van der Waals surface area contributed by atoms with E-state index in [9.17, 15) is 22.8 Å². The highest BCUT2D eigenvalue weighted by Crippen LogP contribution is 2.33. The second kappa shape index (κ2) is 10.0. The number of amides is 2. The molecule has 3 N–H and O–H groups in total. The lowest BCUT2D eigenvalue weighted by Gasteiger charge is -2.27. The normalized spacial score (nSPS) is 16.9. The van der Waals surface area contributed by atoms with Gasteiger partial charge in [0, 0.05) is 35.4 Å². The lowest BCUT2D eigenvalue weighted by atomic mass is 10.0. The molecule has 2 aromatic rings. The van der Waals surface area contributed by atoms with Crippen molar-refractivity contribution in [3.63, 3.8) is 0 Å². The standard InChI is InChI=1S/C25H27F3N6O3/c1-4-37-22(35)24(2,3)34-14-18(12-31-34)16-8-9-33-20(13-29-21(33)11-16)17-6-5-7-19(10-17)32-23(36)30-15-25(26,27)28/h5-14,21,29H,4,15H2,1-3H3,(H2,30,32,36). The second-order valence-electron chi connectivity index (χ2n) is 8.94. The maximum atomic E-state index is 12.3. The molecule has 9 nitrogen and oxygen atoms in total. The van der Waals surface area contributed by atoms with Crippen molar-refractivity contribution in [2.75, 3.05) is 18.5 Å². The van der Waals surface area contributed by atoms with E-state index in [1.54, 1.807) is 61.4 Å². The highest BCUT2D eigenvalue weighted by molar-refractivity contribution is 5.90. The Hall–Kier alpha value is -4.22. The van der Waals surface area contributed by atoms with Gasteiger partial charge in [0.25, 0.3) is 0 Å². The molecule has 1 aromatic carbocycles. The van der Waals surface area contributed by atoms with Crippen LogP contribution in [0.5, 0.6) is 0 Å². The summed E-state index contributed by atoms with van der Waals surface area (Å²) >= 11 is 0. The van der Waals surface area contributed by atoms with E-state index >= 15 is 0 Å². The van der Waals surface area contributed by atoms with Gasteiger partial charge in [-0.15, -0.1) is 0 Å². The molecule has 0 bridgehead atoms. The third kappa shape index (κ3) is 5.79. The van der Waals surface area contributed by atoms with Gasteiger partial charge >= 0.3 is 18.2 Å². The molecule has 196 valence electrons. The molecule has 1 unspecified atom stereocenters. The van der Waals surface area contributed by atoms with E-state index < -0.39 is 24.3 Å². The molecule has 1 aromatic heterocycles. The van der Waals surface area contributed by atoms with Crippen molar-refractivity contribution in [1.82, 2.24) is 25.3 Å². The summed E-state index contributed by atoms with van der Waals surface area (Å²) in [6.07, 6.45) is 6.46. The Balaban J connectivity index is 1.44. The monoisotopic (exact) mass is 516 g/mol. The molecule has 1 atom stereocenters. The molecule has 0 aliphatic carbocycles. The third-order valence-electron chi connectivity index (χ3n) is 5.85. The number of urea groups is 1. The average molecular weight is 517 g/mol. The molecule has 4 rings (SSSR count). The molecule has 0 spiro atoms. The SMILES string of the molecule is CCOC(=O)C(C)(C)n1cc(C2=CC3NC=C(c4cccc(NC(=O)NCC(F)(F)F)c4)N3C=C2)cn1. The van der Waals surface area contributed by atoms with Crippen molar-refractivity contribution in [3.8, 4) is 0 Å². The molecular formula is C25H27F3N6O3. The number of halogens is 3. The van der Waals surface area contributed by atoms with Gasteiger partial charge in [0.2, 0.25) is 0 Å². The van der Waals surface area contributed by atoms with Crippen LogP contribution in [0.15, 0.2) is 61.2 Å². The van der Waals surface area contributed by atoms with Gasteiger partial charge in [-0.25, -0.2) is 9.59 Å². The van der Waals surface area contributed by atoms with Gasteiger partial charge in [-0.2, -0.15) is 18.3 Å². The number of fused-ring (bicyclic) bond motifs is 1. The number of nitrogens with one attached hydrogen (secondary N) is 3. The molecule has 12 heteroatoms. The van der Waals surface area contributed by atoms with Gasteiger partial charge in [-0.3, -0.25) is 4.68 Å². The minimum Gasteiger partial charge on any atom is -0.464 e. The maximum Gasteiger partial charge on any atom is 0.405 e. The number of benzene rings is 1. The summed E-state index contributed by atoms with van der Waals surface area (Å²) in [6.45, 7) is 4.11. The molecule has 3 heterocycles. The molecule has 2 aliphatic rings. The smallest absolute Gasteiger partial charge is 0.405 e. The van der Waals surface area contributed by atoms with Crippen molar-refractivity contribution < 1.29 is 27.5 Å². The van der Waals surface area contributed by atoms with Crippen LogP contribution in [0, 0.1) is 0 Å². The first-order valence-corrected chi connectivity index (χ1v) is 11.6. The molecule has 0 saturated carbocycles. The Morgan fingerprint density at radius 2 is 2.00 bits per heavy atom. The minimum atomic E-state index is -4.49. The first kappa shape index (κ1) is 25.9. The van der Waals surface area contributed by atoms with Gasteiger partial charge in [-0.1, -0.05) is 12.1 Å². The van der Waals surface area contributed by atoms with Crippen molar-refractivity contribution >= 4 is 29.0 Å². The summed E-state index contributed by atoms with van der Waals surface area (Å²) in [5.41, 5.74) is 2.72. The Labute approximate surface area is 211 Å². The van der Waals surface area contributed by atoms with Gasteiger partial charge in [0.1, 0.15) is 12.7 Å². The van der Waals surface area contributed by atoms with Crippen LogP contribution in [0.2, 0.25) is 0 Å². The largest absolute Gasteiger partial charge is 0.464 e. The number of alkyl halides is 3. The number of nitrogens with zero attached hydrogens (tertiary/aromatic N) is 3. The fourth-order valence-electron chi connectivity index (χ4n) is 3.87. The first-order chi connectivity index (χ1) is 17.5. The zero-order chi connectivity index (χ0) is 26.8. The van der Waals surface area contributed by atoms with Crippen molar-refractivity contribution in [1.29, 1.82) is 0 Å². The molecule has 0 saturated heterocycles. The third-order valence-corrected chi connectivity index (χ3v) is 5.85. The summed E-state index contributed by atoms with van der Waals surface area (Å²) in [5, 5.41) is 11.9. The number of ether oxygens (including phenoxy) is 1. The molecule has 2 aliphatic heterocycles. The van der Waals surface area contributed by atoms with Crippen LogP contribution in [-0.4, -0.2) is 52.2 Å². The Morgan fingerprint density at radius 1 is 1.22 bits per heavy atom. The summed E-state index contributed by atoms with van der Waals surface area (Å²) in [5.74, 6) is -0.371. The van der Waals surface area contributed by atoms with Crippen LogP contribution >= 0.6 is 0 Å².